The third-order valence-electron chi connectivity index (χ3n) is 4.14. The Hall–Kier alpha value is -2.68. The lowest BCUT2D eigenvalue weighted by molar-refractivity contribution is -0.180. The van der Waals surface area contributed by atoms with E-state index < -0.39 is 11.7 Å². The first-order valence-corrected chi connectivity index (χ1v) is 8.42. The number of amides is 1. The highest BCUT2D eigenvalue weighted by atomic mass is 16.7. The number of pyridine rings is 1. The predicted molar refractivity (Wildman–Crippen MR) is 94.5 cm³/mol. The summed E-state index contributed by atoms with van der Waals surface area (Å²) in [4.78, 5) is 16.0. The number of ether oxygens (including phenoxy) is 4. The van der Waals surface area contributed by atoms with Crippen molar-refractivity contribution in [3.05, 3.63) is 52.8 Å². The van der Waals surface area contributed by atoms with E-state index in [1.807, 2.05) is 24.3 Å². The van der Waals surface area contributed by atoms with E-state index in [0.29, 0.717) is 17.9 Å². The Morgan fingerprint density at radius 2 is 2.04 bits per heavy atom. The minimum atomic E-state index is -0.901. The Morgan fingerprint density at radius 3 is 2.70 bits per heavy atom. The minimum Gasteiger partial charge on any atom is -0.497 e. The number of nitrogens with one attached hydrogen (secondary N) is 1. The number of hydrogen-bond donors (Lipinski definition) is 2. The summed E-state index contributed by atoms with van der Waals surface area (Å²) in [6.45, 7) is 4.41. The van der Waals surface area contributed by atoms with Crippen LogP contribution in [0.2, 0.25) is 0 Å². The van der Waals surface area contributed by atoms with Gasteiger partial charge in [-0.15, -0.1) is 0 Å². The maximum absolute atomic E-state index is 11.9. The fraction of sp³-hybridized carbons (Fsp3) is 0.368. The van der Waals surface area contributed by atoms with E-state index in [2.05, 4.69) is 4.98 Å². The van der Waals surface area contributed by atoms with Gasteiger partial charge < -0.3 is 18.9 Å². The first kappa shape index (κ1) is 19.1. The van der Waals surface area contributed by atoms with Gasteiger partial charge in [0.05, 0.1) is 26.9 Å². The number of methoxy groups -OCH3 is 1. The van der Waals surface area contributed by atoms with Gasteiger partial charge >= 0.3 is 0 Å². The summed E-state index contributed by atoms with van der Waals surface area (Å²) in [5.41, 5.74) is 4.03. The number of aromatic nitrogens is 1. The van der Waals surface area contributed by atoms with Gasteiger partial charge in [0.25, 0.3) is 5.91 Å². The van der Waals surface area contributed by atoms with Gasteiger partial charge in [-0.05, 0) is 17.7 Å². The van der Waals surface area contributed by atoms with E-state index >= 15 is 0 Å². The van der Waals surface area contributed by atoms with E-state index in [1.165, 1.54) is 6.20 Å². The quantitative estimate of drug-likeness (QED) is 0.592. The molecule has 1 aromatic carbocycles. The maximum Gasteiger partial charge on any atom is 0.297 e. The van der Waals surface area contributed by atoms with Crippen LogP contribution < -0.4 is 15.0 Å². The molecule has 1 aliphatic heterocycles. The van der Waals surface area contributed by atoms with Crippen molar-refractivity contribution in [2.45, 2.75) is 39.5 Å². The van der Waals surface area contributed by atoms with Crippen molar-refractivity contribution in [2.75, 3.05) is 7.11 Å². The third-order valence-corrected chi connectivity index (χ3v) is 4.14. The molecular formula is C19H22N2O6. The number of fused-ring (bicyclic) bond motifs is 1. The van der Waals surface area contributed by atoms with Gasteiger partial charge in [0.15, 0.2) is 11.4 Å². The molecule has 0 saturated heterocycles. The molecule has 0 saturated carbocycles. The Labute approximate surface area is 157 Å². The molecular weight excluding hydrogens is 352 g/mol. The van der Waals surface area contributed by atoms with Crippen molar-refractivity contribution < 1.29 is 28.9 Å². The second kappa shape index (κ2) is 7.91. The van der Waals surface area contributed by atoms with Gasteiger partial charge in [-0.25, -0.2) is 10.5 Å². The monoisotopic (exact) mass is 374 g/mol. The molecule has 2 N–H and O–H groups in total. The van der Waals surface area contributed by atoms with Gasteiger partial charge in [0.1, 0.15) is 5.75 Å². The maximum atomic E-state index is 11.9. The standard InChI is InChI=1S/C19H22N2O6/c1-19(2)26-11-15-13(8-20-16(17(15)27-19)18(22)21-23)10-25-9-12-4-6-14(24-3)7-5-12/h4-8,23H,9-11H2,1-3H3,(H,21,22). The molecule has 0 spiro atoms. The van der Waals surface area contributed by atoms with Crippen LogP contribution in [0, 0.1) is 0 Å². The van der Waals surface area contributed by atoms with Gasteiger partial charge in [-0.1, -0.05) is 12.1 Å². The predicted octanol–water partition coefficient (Wildman–Crippen LogP) is 2.57. The number of hydroxylamine groups is 1. The largest absolute Gasteiger partial charge is 0.497 e. The number of nitrogens with zero attached hydrogens (tertiary/aromatic N) is 1. The molecule has 8 heteroatoms. The van der Waals surface area contributed by atoms with Crippen LogP contribution in [-0.4, -0.2) is 29.0 Å². The van der Waals surface area contributed by atoms with Crippen LogP contribution in [0.1, 0.15) is 41.0 Å². The molecule has 0 radical (unpaired) electrons. The van der Waals surface area contributed by atoms with Gasteiger partial charge in [-0.3, -0.25) is 10.0 Å². The third kappa shape index (κ3) is 4.36. The minimum absolute atomic E-state index is 0.00257. The zero-order valence-corrected chi connectivity index (χ0v) is 15.4. The molecule has 0 unspecified atom stereocenters. The topological polar surface area (TPSA) is 99.1 Å². The molecule has 27 heavy (non-hydrogen) atoms. The molecule has 2 heterocycles. The summed E-state index contributed by atoms with van der Waals surface area (Å²) in [6, 6.07) is 7.59. The Kier molecular flexibility index (Phi) is 5.59. The van der Waals surface area contributed by atoms with Gasteiger partial charge in [0.2, 0.25) is 5.79 Å². The average Bonchev–Trinajstić information content (AvgIpc) is 2.67. The first-order valence-electron chi connectivity index (χ1n) is 8.42. The summed E-state index contributed by atoms with van der Waals surface area (Å²) in [5, 5.41) is 8.93. The molecule has 1 aliphatic rings. The number of carbonyl (C=O) groups is 1. The summed E-state index contributed by atoms with van der Waals surface area (Å²) >= 11 is 0. The summed E-state index contributed by atoms with van der Waals surface area (Å²) in [6.07, 6.45) is 1.53. The Bertz CT molecular complexity index is 820. The van der Waals surface area contributed by atoms with Crippen LogP contribution in [0.25, 0.3) is 0 Å². The second-order valence-electron chi connectivity index (χ2n) is 6.51. The van der Waals surface area contributed by atoms with Crippen LogP contribution in [0.15, 0.2) is 30.5 Å². The number of carbonyl (C=O) groups excluding carboxylic acids is 1. The highest BCUT2D eigenvalue weighted by Crippen LogP contribution is 2.35. The molecule has 0 atom stereocenters. The lowest BCUT2D eigenvalue weighted by Gasteiger charge is -2.34. The van der Waals surface area contributed by atoms with Crippen molar-refractivity contribution in [1.29, 1.82) is 0 Å². The van der Waals surface area contributed by atoms with Crippen molar-refractivity contribution >= 4 is 5.91 Å². The molecule has 8 nitrogen and oxygen atoms in total. The summed E-state index contributed by atoms with van der Waals surface area (Å²) in [7, 11) is 1.62. The number of rotatable bonds is 6. The lowest BCUT2D eigenvalue weighted by atomic mass is 10.1. The fourth-order valence-electron chi connectivity index (χ4n) is 2.70. The number of hydrogen-bond acceptors (Lipinski definition) is 7. The molecule has 0 bridgehead atoms. The van der Waals surface area contributed by atoms with Crippen LogP contribution in [0.4, 0.5) is 0 Å². The van der Waals surface area contributed by atoms with E-state index in [1.54, 1.807) is 26.4 Å². The van der Waals surface area contributed by atoms with Gasteiger partial charge in [0, 0.05) is 31.2 Å². The molecule has 0 aliphatic carbocycles. The van der Waals surface area contributed by atoms with E-state index in [0.717, 1.165) is 16.9 Å². The van der Waals surface area contributed by atoms with Crippen LogP contribution in [-0.2, 0) is 29.3 Å². The van der Waals surface area contributed by atoms with Crippen molar-refractivity contribution in [3.63, 3.8) is 0 Å². The molecule has 1 amide bonds. The van der Waals surface area contributed by atoms with Gasteiger partial charge in [-0.2, -0.15) is 0 Å². The van der Waals surface area contributed by atoms with E-state index in [-0.39, 0.29) is 18.9 Å². The van der Waals surface area contributed by atoms with Crippen LogP contribution >= 0.6 is 0 Å². The normalized spacial score (nSPS) is 14.8. The molecule has 1 aromatic heterocycles. The molecule has 144 valence electrons. The Morgan fingerprint density at radius 1 is 1.30 bits per heavy atom. The smallest absolute Gasteiger partial charge is 0.297 e. The zero-order valence-electron chi connectivity index (χ0n) is 15.4. The summed E-state index contributed by atoms with van der Waals surface area (Å²) < 4.78 is 22.4. The average molecular weight is 374 g/mol. The highest BCUT2D eigenvalue weighted by molar-refractivity contribution is 5.94. The first-order chi connectivity index (χ1) is 12.9. The second-order valence-corrected chi connectivity index (χ2v) is 6.51. The molecule has 3 rings (SSSR count). The van der Waals surface area contributed by atoms with E-state index in [9.17, 15) is 4.79 Å². The zero-order chi connectivity index (χ0) is 19.4. The SMILES string of the molecule is COc1ccc(COCc2cnc(C(=O)NO)c3c2COC(C)(C)O3)cc1. The fourth-order valence-corrected chi connectivity index (χ4v) is 2.70. The molecule has 2 aromatic rings. The van der Waals surface area contributed by atoms with E-state index in [4.69, 9.17) is 24.2 Å². The summed E-state index contributed by atoms with van der Waals surface area (Å²) in [5.74, 6) is -0.563. The van der Waals surface area contributed by atoms with Crippen molar-refractivity contribution in [3.8, 4) is 11.5 Å². The molecule has 0 fully saturated rings. The highest BCUT2D eigenvalue weighted by Gasteiger charge is 2.33. The van der Waals surface area contributed by atoms with Crippen LogP contribution in [0.5, 0.6) is 11.5 Å². The van der Waals surface area contributed by atoms with Crippen LogP contribution in [0.3, 0.4) is 0 Å². The van der Waals surface area contributed by atoms with Crippen molar-refractivity contribution in [2.24, 2.45) is 0 Å². The number of benzene rings is 1. The lowest BCUT2D eigenvalue weighted by Crippen LogP contribution is -2.37. The van der Waals surface area contributed by atoms with Crippen molar-refractivity contribution in [1.82, 2.24) is 10.5 Å². The Balaban J connectivity index is 1.76.